The maximum Gasteiger partial charge on any atom is 0.244 e. The highest BCUT2D eigenvalue weighted by molar-refractivity contribution is 9.10. The van der Waals surface area contributed by atoms with Crippen LogP contribution in [0.1, 0.15) is 18.4 Å². The van der Waals surface area contributed by atoms with Crippen molar-refractivity contribution in [3.8, 4) is 5.75 Å². The van der Waals surface area contributed by atoms with E-state index in [0.29, 0.717) is 18.2 Å². The van der Waals surface area contributed by atoms with Crippen LogP contribution in [0.3, 0.4) is 0 Å². The van der Waals surface area contributed by atoms with Gasteiger partial charge in [0, 0.05) is 11.0 Å². The van der Waals surface area contributed by atoms with Gasteiger partial charge < -0.3 is 10.1 Å². The van der Waals surface area contributed by atoms with Crippen LogP contribution in [0.25, 0.3) is 0 Å². The van der Waals surface area contributed by atoms with E-state index < -0.39 is 10.0 Å². The largest absolute Gasteiger partial charge is 0.495 e. The van der Waals surface area contributed by atoms with Crippen LogP contribution in [0.2, 0.25) is 0 Å². The summed E-state index contributed by atoms with van der Waals surface area (Å²) in [5.74, 6) is 0.921. The summed E-state index contributed by atoms with van der Waals surface area (Å²) in [5, 5.41) is 3.28. The quantitative estimate of drug-likeness (QED) is 0.752. The van der Waals surface area contributed by atoms with Gasteiger partial charge in [-0.2, -0.15) is 0 Å². The van der Waals surface area contributed by atoms with E-state index in [1.165, 1.54) is 7.11 Å². The van der Waals surface area contributed by atoms with Crippen LogP contribution in [0, 0.1) is 12.8 Å². The van der Waals surface area contributed by atoms with Gasteiger partial charge in [-0.15, -0.1) is 12.4 Å². The van der Waals surface area contributed by atoms with Crippen LogP contribution in [-0.2, 0) is 10.0 Å². The second-order valence-electron chi connectivity index (χ2n) is 5.30. The Balaban J connectivity index is 0.00000242. The van der Waals surface area contributed by atoms with Crippen LogP contribution in [0.5, 0.6) is 5.75 Å². The molecule has 2 rings (SSSR count). The zero-order chi connectivity index (χ0) is 15.5. The molecule has 1 aromatic rings. The fraction of sp³-hybridized carbons (Fsp3) is 0.571. The first-order chi connectivity index (χ1) is 9.94. The molecule has 5 nitrogen and oxygen atoms in total. The first kappa shape index (κ1) is 19.7. The molecule has 126 valence electrons. The Kier molecular flexibility index (Phi) is 7.61. The van der Waals surface area contributed by atoms with E-state index in [1.54, 1.807) is 12.1 Å². The van der Waals surface area contributed by atoms with Gasteiger partial charge in [0.15, 0.2) is 0 Å². The van der Waals surface area contributed by atoms with E-state index in [4.69, 9.17) is 4.74 Å². The Morgan fingerprint density at radius 2 is 2.18 bits per heavy atom. The number of methoxy groups -OCH3 is 1. The molecule has 1 unspecified atom stereocenters. The van der Waals surface area contributed by atoms with Crippen molar-refractivity contribution < 1.29 is 13.2 Å². The van der Waals surface area contributed by atoms with Crippen LogP contribution < -0.4 is 14.8 Å². The van der Waals surface area contributed by atoms with Gasteiger partial charge in [-0.3, -0.25) is 0 Å². The molecule has 1 aliphatic heterocycles. The summed E-state index contributed by atoms with van der Waals surface area (Å²) in [7, 11) is -2.08. The van der Waals surface area contributed by atoms with Crippen LogP contribution in [0.4, 0.5) is 0 Å². The van der Waals surface area contributed by atoms with Gasteiger partial charge in [0.25, 0.3) is 0 Å². The van der Waals surface area contributed by atoms with Crippen LogP contribution >= 0.6 is 28.3 Å². The fourth-order valence-electron chi connectivity index (χ4n) is 2.44. The lowest BCUT2D eigenvalue weighted by molar-refractivity contribution is 0.401. The zero-order valence-corrected chi connectivity index (χ0v) is 15.9. The summed E-state index contributed by atoms with van der Waals surface area (Å²) >= 11 is 3.37. The number of hydrogen-bond donors (Lipinski definition) is 2. The molecule has 1 aliphatic rings. The molecular weight excluding hydrogens is 392 g/mol. The molecule has 1 aromatic carbocycles. The second-order valence-corrected chi connectivity index (χ2v) is 7.89. The lowest BCUT2D eigenvalue weighted by Gasteiger charge is -2.14. The van der Waals surface area contributed by atoms with Crippen molar-refractivity contribution in [2.24, 2.45) is 5.92 Å². The van der Waals surface area contributed by atoms with Crippen molar-refractivity contribution in [2.45, 2.75) is 24.7 Å². The topological polar surface area (TPSA) is 67.4 Å². The highest BCUT2D eigenvalue weighted by Crippen LogP contribution is 2.30. The molecule has 1 fully saturated rings. The molecular formula is C14H22BrClN2O3S. The number of hydrogen-bond acceptors (Lipinski definition) is 4. The fourth-order valence-corrected chi connectivity index (χ4v) is 4.16. The number of rotatable bonds is 6. The maximum atomic E-state index is 12.4. The van der Waals surface area contributed by atoms with Gasteiger partial charge in [0.1, 0.15) is 10.6 Å². The molecule has 0 spiro atoms. The van der Waals surface area contributed by atoms with Crippen molar-refractivity contribution in [1.82, 2.24) is 10.0 Å². The van der Waals surface area contributed by atoms with Gasteiger partial charge in [0.2, 0.25) is 10.0 Å². The van der Waals surface area contributed by atoms with Gasteiger partial charge in [-0.25, -0.2) is 13.1 Å². The van der Waals surface area contributed by atoms with Gasteiger partial charge >= 0.3 is 0 Å². The number of ether oxygens (including phenoxy) is 1. The van der Waals surface area contributed by atoms with Gasteiger partial charge in [0.05, 0.1) is 7.11 Å². The third-order valence-electron chi connectivity index (χ3n) is 3.74. The van der Waals surface area contributed by atoms with Crippen molar-refractivity contribution >= 4 is 38.4 Å². The SMILES string of the molecule is COc1cc(C)c(Br)cc1S(=O)(=O)NCCC1CCNC1.Cl. The van der Waals surface area contributed by atoms with E-state index >= 15 is 0 Å². The van der Waals surface area contributed by atoms with E-state index in [-0.39, 0.29) is 17.3 Å². The highest BCUT2D eigenvalue weighted by atomic mass is 79.9. The van der Waals surface area contributed by atoms with Crippen molar-refractivity contribution in [1.29, 1.82) is 0 Å². The minimum Gasteiger partial charge on any atom is -0.495 e. The summed E-state index contributed by atoms with van der Waals surface area (Å²) in [5.41, 5.74) is 0.933. The normalized spacial score (nSPS) is 18.0. The first-order valence-corrected chi connectivity index (χ1v) is 9.26. The van der Waals surface area contributed by atoms with Crippen molar-refractivity contribution in [3.05, 3.63) is 22.2 Å². The van der Waals surface area contributed by atoms with Gasteiger partial charge in [-0.1, -0.05) is 15.9 Å². The highest BCUT2D eigenvalue weighted by Gasteiger charge is 2.22. The predicted molar refractivity (Wildman–Crippen MR) is 93.5 cm³/mol. The average Bonchev–Trinajstić information content (AvgIpc) is 2.94. The molecule has 1 heterocycles. The van der Waals surface area contributed by atoms with Crippen LogP contribution in [0.15, 0.2) is 21.5 Å². The van der Waals surface area contributed by atoms with E-state index in [0.717, 1.165) is 36.0 Å². The Hall–Kier alpha value is -0.340. The number of nitrogens with one attached hydrogen (secondary N) is 2. The standard InChI is InChI=1S/C14H21BrN2O3S.ClH/c1-10-7-13(20-2)14(8-12(10)15)21(18,19)17-6-4-11-3-5-16-9-11;/h7-8,11,16-17H,3-6,9H2,1-2H3;1H. The molecule has 1 atom stereocenters. The molecule has 0 aliphatic carbocycles. The average molecular weight is 414 g/mol. The molecule has 0 saturated carbocycles. The second kappa shape index (κ2) is 8.49. The van der Waals surface area contributed by atoms with E-state index in [9.17, 15) is 8.42 Å². The number of sulfonamides is 1. The predicted octanol–water partition coefficient (Wildman–Crippen LogP) is 2.47. The van der Waals surface area contributed by atoms with Gasteiger partial charge in [-0.05, 0) is 56.5 Å². The van der Waals surface area contributed by atoms with E-state index in [2.05, 4.69) is 26.0 Å². The number of aryl methyl sites for hydroxylation is 1. The summed E-state index contributed by atoms with van der Waals surface area (Å²) in [6.45, 7) is 4.34. The third-order valence-corrected chi connectivity index (χ3v) is 6.08. The van der Waals surface area contributed by atoms with Crippen LogP contribution in [-0.4, -0.2) is 35.2 Å². The van der Waals surface area contributed by atoms with Crippen molar-refractivity contribution in [3.63, 3.8) is 0 Å². The molecule has 0 amide bonds. The molecule has 0 bridgehead atoms. The number of halogens is 2. The minimum atomic E-state index is -3.56. The van der Waals surface area contributed by atoms with E-state index in [1.807, 2.05) is 6.92 Å². The lowest BCUT2D eigenvalue weighted by atomic mass is 10.1. The Morgan fingerprint density at radius 3 is 2.77 bits per heavy atom. The minimum absolute atomic E-state index is 0. The Bertz CT molecular complexity index is 604. The molecule has 0 aromatic heterocycles. The summed E-state index contributed by atoms with van der Waals surface area (Å²) in [6, 6.07) is 3.31. The third kappa shape index (κ3) is 4.83. The lowest BCUT2D eigenvalue weighted by Crippen LogP contribution is -2.27. The molecule has 0 radical (unpaired) electrons. The zero-order valence-electron chi connectivity index (χ0n) is 12.7. The Labute approximate surface area is 146 Å². The monoisotopic (exact) mass is 412 g/mol. The maximum absolute atomic E-state index is 12.4. The molecule has 22 heavy (non-hydrogen) atoms. The summed E-state index contributed by atoms with van der Waals surface area (Å²) in [6.07, 6.45) is 1.96. The summed E-state index contributed by atoms with van der Waals surface area (Å²) < 4.78 is 33.5. The molecule has 2 N–H and O–H groups in total. The van der Waals surface area contributed by atoms with Crippen molar-refractivity contribution in [2.75, 3.05) is 26.7 Å². The number of benzene rings is 1. The molecule has 1 saturated heterocycles. The summed E-state index contributed by atoms with van der Waals surface area (Å²) in [4.78, 5) is 0.173. The Morgan fingerprint density at radius 1 is 1.45 bits per heavy atom. The smallest absolute Gasteiger partial charge is 0.244 e. The first-order valence-electron chi connectivity index (χ1n) is 6.98. The molecule has 8 heteroatoms.